The number of hydrogen-bond acceptors (Lipinski definition) is 10. The molecule has 1 saturated carbocycles. The van der Waals surface area contributed by atoms with Gasteiger partial charge in [0, 0.05) is 29.4 Å². The minimum atomic E-state index is -1.49. The molecular formula is C33H48IN3O9. The Balaban J connectivity index is 1.53. The highest BCUT2D eigenvalue weighted by atomic mass is 127. The van der Waals surface area contributed by atoms with Crippen molar-refractivity contribution in [2.24, 2.45) is 5.41 Å². The Hall–Kier alpha value is -1.88. The fourth-order valence-corrected chi connectivity index (χ4v) is 8.02. The predicted octanol–water partition coefficient (Wildman–Crippen LogP) is 2.71. The van der Waals surface area contributed by atoms with Crippen molar-refractivity contribution in [2.75, 3.05) is 13.2 Å². The van der Waals surface area contributed by atoms with Gasteiger partial charge in [-0.25, -0.2) is 0 Å². The van der Waals surface area contributed by atoms with E-state index >= 15 is 0 Å². The molecule has 1 aliphatic carbocycles. The lowest BCUT2D eigenvalue weighted by molar-refractivity contribution is -0.224. The Morgan fingerprint density at radius 3 is 2.39 bits per heavy atom. The molecule has 3 aliphatic heterocycles. The second-order valence-electron chi connectivity index (χ2n) is 13.0. The number of nitrogens with one attached hydrogen (secondary N) is 2. The molecule has 0 radical (unpaired) electrons. The molecule has 12 nitrogen and oxygen atoms in total. The number of hydroxylamine groups is 2. The summed E-state index contributed by atoms with van der Waals surface area (Å²) in [7, 11) is 0. The number of ether oxygens (including phenoxy) is 3. The molecule has 0 unspecified atom stereocenters. The van der Waals surface area contributed by atoms with Crippen LogP contribution < -0.4 is 10.6 Å². The summed E-state index contributed by atoms with van der Waals surface area (Å²) in [5, 5.41) is 26.6. The predicted molar refractivity (Wildman–Crippen MR) is 175 cm³/mol. The zero-order valence-corrected chi connectivity index (χ0v) is 29.1. The van der Waals surface area contributed by atoms with Crippen LogP contribution >= 0.6 is 22.6 Å². The molecule has 2 amide bonds. The van der Waals surface area contributed by atoms with Crippen LogP contribution in [0.15, 0.2) is 24.3 Å². The third kappa shape index (κ3) is 6.83. The molecule has 3 heterocycles. The molecule has 5 rings (SSSR count). The first-order chi connectivity index (χ1) is 22.1. The Labute approximate surface area is 284 Å². The highest BCUT2D eigenvalue weighted by molar-refractivity contribution is 14.1. The maximum atomic E-state index is 14.6. The van der Waals surface area contributed by atoms with E-state index in [1.54, 1.807) is 0 Å². The van der Waals surface area contributed by atoms with E-state index < -0.39 is 71.6 Å². The maximum absolute atomic E-state index is 14.6. The van der Waals surface area contributed by atoms with Crippen molar-refractivity contribution < 1.29 is 43.6 Å². The zero-order valence-electron chi connectivity index (χ0n) is 26.9. The molecule has 13 heteroatoms. The van der Waals surface area contributed by atoms with Gasteiger partial charge in [0.25, 0.3) is 0 Å². The minimum Gasteiger partial charge on any atom is -0.458 e. The van der Waals surface area contributed by atoms with E-state index in [0.29, 0.717) is 12.8 Å². The van der Waals surface area contributed by atoms with Crippen molar-refractivity contribution in [2.45, 2.75) is 133 Å². The fraction of sp³-hybridized carbons (Fsp3) is 0.727. The van der Waals surface area contributed by atoms with E-state index in [1.165, 1.54) is 12.0 Å². The van der Waals surface area contributed by atoms with Crippen molar-refractivity contribution in [3.8, 4) is 0 Å². The highest BCUT2D eigenvalue weighted by Gasteiger charge is 2.76. The summed E-state index contributed by atoms with van der Waals surface area (Å²) in [6, 6.07) is 5.28. The van der Waals surface area contributed by atoms with Crippen LogP contribution in [0.25, 0.3) is 0 Å². The second-order valence-corrected chi connectivity index (χ2v) is 14.2. The third-order valence-electron chi connectivity index (χ3n) is 9.74. The molecule has 4 aliphatic rings. The summed E-state index contributed by atoms with van der Waals surface area (Å²) in [5.74, 6) is -2.74. The molecule has 1 aromatic rings. The lowest BCUT2D eigenvalue weighted by Crippen LogP contribution is -2.71. The topological polar surface area (TPSA) is 156 Å². The number of benzene rings is 1. The maximum Gasteiger partial charge on any atom is 0.327 e. The molecule has 0 spiro atoms. The van der Waals surface area contributed by atoms with Crippen molar-refractivity contribution in [1.29, 1.82) is 0 Å². The summed E-state index contributed by atoms with van der Waals surface area (Å²) in [6.07, 6.45) is 3.13. The van der Waals surface area contributed by atoms with E-state index in [2.05, 4.69) is 47.1 Å². The Bertz CT molecular complexity index is 1240. The summed E-state index contributed by atoms with van der Waals surface area (Å²) in [6.45, 7) is 5.56. The lowest BCUT2D eigenvalue weighted by atomic mass is 9.62. The molecule has 0 aromatic heterocycles. The highest BCUT2D eigenvalue weighted by Crippen LogP contribution is 2.58. The number of nitrogens with zero attached hydrogens (tertiary/aromatic N) is 1. The van der Waals surface area contributed by atoms with Gasteiger partial charge in [-0.05, 0) is 54.0 Å². The van der Waals surface area contributed by atoms with Crippen LogP contribution in [0.1, 0.15) is 84.1 Å². The molecule has 4 fully saturated rings. The van der Waals surface area contributed by atoms with Crippen LogP contribution in [0.3, 0.4) is 0 Å². The number of carbonyl (C=O) groups excluding carboxylic acids is 3. The van der Waals surface area contributed by atoms with Gasteiger partial charge in [0.1, 0.15) is 35.9 Å². The molecule has 1 aromatic carbocycles. The van der Waals surface area contributed by atoms with Gasteiger partial charge in [-0.1, -0.05) is 57.7 Å². The smallest absolute Gasteiger partial charge is 0.327 e. The number of fused-ring (bicyclic) bond motifs is 4. The zero-order chi connectivity index (χ0) is 33.1. The summed E-state index contributed by atoms with van der Waals surface area (Å²) in [4.78, 5) is 48.2. The molecule has 46 heavy (non-hydrogen) atoms. The summed E-state index contributed by atoms with van der Waals surface area (Å²) < 4.78 is 20.7. The van der Waals surface area contributed by atoms with Gasteiger partial charge in [-0.15, -0.1) is 0 Å². The Kier molecular flexibility index (Phi) is 11.6. The number of rotatable bonds is 16. The number of amides is 2. The number of carbonyl (C=O) groups is 3. The first kappa shape index (κ1) is 35.4. The van der Waals surface area contributed by atoms with E-state index in [9.17, 15) is 24.6 Å². The molecule has 4 N–H and O–H groups in total. The average Bonchev–Trinajstić information content (AvgIpc) is 3.58. The largest absolute Gasteiger partial charge is 0.458 e. The molecule has 256 valence electrons. The molecule has 3 saturated heterocycles. The van der Waals surface area contributed by atoms with Crippen LogP contribution in [0, 0.1) is 8.99 Å². The van der Waals surface area contributed by atoms with E-state index in [4.69, 9.17) is 19.0 Å². The summed E-state index contributed by atoms with van der Waals surface area (Å²) in [5.41, 5.74) is -0.580. The average molecular weight is 758 g/mol. The van der Waals surface area contributed by atoms with Crippen LogP contribution in [-0.2, 0) is 40.0 Å². The first-order valence-corrected chi connectivity index (χ1v) is 17.8. The minimum absolute atomic E-state index is 0.0393. The van der Waals surface area contributed by atoms with Crippen LogP contribution in [0.4, 0.5) is 0 Å². The summed E-state index contributed by atoms with van der Waals surface area (Å²) >= 11 is 2.23. The monoisotopic (exact) mass is 757 g/mol. The van der Waals surface area contributed by atoms with Crippen LogP contribution in [0.2, 0.25) is 0 Å². The number of halogens is 1. The van der Waals surface area contributed by atoms with Gasteiger partial charge in [0.2, 0.25) is 11.8 Å². The SMILES string of the molecule is CCCCCC1(CCCCC)O[C@@H]2[C@H](O1)[C@H]1ON(Cc3ccccc3I)[C@H]3C(=O)O[C@@H]2C[C@@]13C(=O)N[C@@H](C(=O)NCCO)[C@H](C)O. The van der Waals surface area contributed by atoms with E-state index in [-0.39, 0.29) is 26.1 Å². The number of unbranched alkanes of at least 4 members (excludes halogenated alkanes) is 4. The van der Waals surface area contributed by atoms with Gasteiger partial charge in [-0.3, -0.25) is 19.2 Å². The number of aliphatic hydroxyl groups excluding tert-OH is 2. The molecular weight excluding hydrogens is 709 g/mol. The quantitative estimate of drug-likeness (QED) is 0.112. The Morgan fingerprint density at radius 2 is 1.76 bits per heavy atom. The second kappa shape index (κ2) is 15.1. The van der Waals surface area contributed by atoms with E-state index in [1.807, 2.05) is 24.3 Å². The van der Waals surface area contributed by atoms with Gasteiger partial charge in [-0.2, -0.15) is 5.06 Å². The van der Waals surface area contributed by atoms with Crippen LogP contribution in [-0.4, -0.2) is 94.6 Å². The fourth-order valence-electron chi connectivity index (χ4n) is 7.46. The van der Waals surface area contributed by atoms with Crippen molar-refractivity contribution in [3.63, 3.8) is 0 Å². The standard InChI is InChI=1S/C33H48IN3O9/c1-4-6-10-14-32(15-11-7-5-2)44-25-23-18-33(31(42)36-24(20(3)39)29(40)35-16-17-38)27(30(41)43-23)37(46-28(33)26(25)45-32)19-21-12-8-9-13-22(21)34/h8-9,12-13,20,23-28,38-39H,4-7,10-11,14-19H2,1-3H3,(H,35,40)(H,36,42)/t20-,23+,24+,25-,26-,27-,28+,33-/m0/s1. The number of hydrogen-bond donors (Lipinski definition) is 4. The van der Waals surface area contributed by atoms with Crippen LogP contribution in [0.5, 0.6) is 0 Å². The molecule has 2 bridgehead atoms. The van der Waals surface area contributed by atoms with Crippen molar-refractivity contribution in [1.82, 2.24) is 15.7 Å². The van der Waals surface area contributed by atoms with Gasteiger partial charge < -0.3 is 35.1 Å². The van der Waals surface area contributed by atoms with Crippen molar-refractivity contribution >= 4 is 40.4 Å². The van der Waals surface area contributed by atoms with E-state index in [0.717, 1.165) is 47.7 Å². The number of aliphatic hydroxyl groups is 2. The normalized spacial score (nSPS) is 30.7. The van der Waals surface area contributed by atoms with Gasteiger partial charge in [0.15, 0.2) is 11.8 Å². The molecule has 8 atom stereocenters. The first-order valence-electron chi connectivity index (χ1n) is 16.7. The third-order valence-corrected chi connectivity index (χ3v) is 10.8. The Morgan fingerprint density at radius 1 is 1.09 bits per heavy atom. The van der Waals surface area contributed by atoms with Crippen molar-refractivity contribution in [3.05, 3.63) is 33.4 Å². The number of esters is 1. The van der Waals surface area contributed by atoms with Gasteiger partial charge in [0.05, 0.1) is 19.3 Å². The van der Waals surface area contributed by atoms with Gasteiger partial charge >= 0.3 is 5.97 Å². The lowest BCUT2D eigenvalue weighted by Gasteiger charge is -2.49.